The summed E-state index contributed by atoms with van der Waals surface area (Å²) < 4.78 is 23.9. The van der Waals surface area contributed by atoms with Gasteiger partial charge >= 0.3 is 0 Å². The van der Waals surface area contributed by atoms with E-state index in [-0.39, 0.29) is 28.5 Å². The zero-order valence-corrected chi connectivity index (χ0v) is 19.2. The molecule has 3 aromatic rings. The highest BCUT2D eigenvalue weighted by atomic mass is 35.5. The molecular formula is C24H19ClFNO5S. The Kier molecular flexibility index (Phi) is 6.40. The van der Waals surface area contributed by atoms with E-state index in [0.717, 1.165) is 0 Å². The van der Waals surface area contributed by atoms with Crippen LogP contribution in [0.15, 0.2) is 59.5 Å². The minimum Gasteiger partial charge on any atom is -0.507 e. The molecule has 0 spiro atoms. The summed E-state index contributed by atoms with van der Waals surface area (Å²) in [5.41, 5.74) is 0.721. The summed E-state index contributed by atoms with van der Waals surface area (Å²) in [5.74, 6) is -1.85. The first-order valence-electron chi connectivity index (χ1n) is 9.83. The van der Waals surface area contributed by atoms with Crippen molar-refractivity contribution < 1.29 is 28.6 Å². The van der Waals surface area contributed by atoms with Crippen molar-refractivity contribution in [3.63, 3.8) is 0 Å². The third-order valence-corrected chi connectivity index (χ3v) is 6.57. The molecule has 0 aliphatic carbocycles. The number of aliphatic hydroxyl groups excluding tert-OH is 1. The van der Waals surface area contributed by atoms with E-state index in [2.05, 4.69) is 0 Å². The number of Topliss-reactive ketones (excluding diaryl/α,β-unsaturated/α-hetero) is 1. The number of carbonyl (C=O) groups is 2. The number of benzene rings is 2. The number of hydrogen-bond acceptors (Lipinski definition) is 6. The maximum atomic E-state index is 13.3. The average Bonchev–Trinajstić information content (AvgIpc) is 3.42. The van der Waals surface area contributed by atoms with E-state index in [1.807, 2.05) is 5.38 Å². The van der Waals surface area contributed by atoms with Crippen LogP contribution in [0.5, 0.6) is 11.5 Å². The van der Waals surface area contributed by atoms with Gasteiger partial charge in [0.15, 0.2) is 0 Å². The first-order chi connectivity index (χ1) is 15.8. The maximum absolute atomic E-state index is 13.3. The molecule has 1 aliphatic rings. The molecule has 1 N–H and O–H groups in total. The molecule has 2 aromatic carbocycles. The molecule has 1 fully saturated rings. The van der Waals surface area contributed by atoms with Crippen LogP contribution in [0.3, 0.4) is 0 Å². The van der Waals surface area contributed by atoms with Gasteiger partial charge in [0.1, 0.15) is 23.1 Å². The molecular weight excluding hydrogens is 469 g/mol. The second kappa shape index (κ2) is 9.25. The SMILES string of the molecule is COc1cc(OC)c(/C(O)=C2/C(=O)C(=O)N(Cc3ccc(F)cc3)C2c2cccs2)cc1Cl. The average molecular weight is 488 g/mol. The van der Waals surface area contributed by atoms with Crippen LogP contribution < -0.4 is 9.47 Å². The Labute approximate surface area is 198 Å². The van der Waals surface area contributed by atoms with E-state index >= 15 is 0 Å². The van der Waals surface area contributed by atoms with Gasteiger partial charge in [-0.15, -0.1) is 11.3 Å². The lowest BCUT2D eigenvalue weighted by molar-refractivity contribution is -0.140. The summed E-state index contributed by atoms with van der Waals surface area (Å²) in [4.78, 5) is 28.2. The van der Waals surface area contributed by atoms with Gasteiger partial charge in [0, 0.05) is 17.5 Å². The van der Waals surface area contributed by atoms with Crippen molar-refractivity contribution in [3.8, 4) is 11.5 Å². The molecule has 0 saturated carbocycles. The second-order valence-electron chi connectivity index (χ2n) is 7.26. The largest absolute Gasteiger partial charge is 0.507 e. The number of aliphatic hydroxyl groups is 1. The number of ether oxygens (including phenoxy) is 2. The molecule has 170 valence electrons. The Morgan fingerprint density at radius 3 is 2.42 bits per heavy atom. The smallest absolute Gasteiger partial charge is 0.295 e. The number of halogens is 2. The zero-order valence-electron chi connectivity index (χ0n) is 17.7. The van der Waals surface area contributed by atoms with Crippen molar-refractivity contribution in [2.75, 3.05) is 14.2 Å². The van der Waals surface area contributed by atoms with Crippen LogP contribution in [0.2, 0.25) is 5.02 Å². The minimum atomic E-state index is -0.833. The fourth-order valence-corrected chi connectivity index (χ4v) is 4.85. The van der Waals surface area contributed by atoms with Crippen molar-refractivity contribution >= 4 is 40.4 Å². The van der Waals surface area contributed by atoms with Gasteiger partial charge in [-0.1, -0.05) is 29.8 Å². The van der Waals surface area contributed by atoms with Gasteiger partial charge in [0.2, 0.25) is 0 Å². The molecule has 1 unspecified atom stereocenters. The standard InChI is InChI=1S/C24H19ClFNO5S/c1-31-17-11-18(32-2)16(25)10-15(17)22(28)20-21(19-4-3-9-33-19)27(24(30)23(20)29)12-13-5-7-14(26)8-6-13/h3-11,21,28H,12H2,1-2H3/b22-20-. The monoisotopic (exact) mass is 487 g/mol. The van der Waals surface area contributed by atoms with E-state index in [0.29, 0.717) is 16.2 Å². The predicted molar refractivity (Wildman–Crippen MR) is 123 cm³/mol. The fraction of sp³-hybridized carbons (Fsp3) is 0.167. The zero-order chi connectivity index (χ0) is 23.7. The third kappa shape index (κ3) is 4.19. The van der Waals surface area contributed by atoms with E-state index in [1.54, 1.807) is 24.3 Å². The Hall–Kier alpha value is -3.36. The highest BCUT2D eigenvalue weighted by Gasteiger charge is 2.46. The fourth-order valence-electron chi connectivity index (χ4n) is 3.76. The molecule has 33 heavy (non-hydrogen) atoms. The number of rotatable bonds is 6. The number of hydrogen-bond donors (Lipinski definition) is 1. The summed E-state index contributed by atoms with van der Waals surface area (Å²) in [6.07, 6.45) is 0. The molecule has 2 heterocycles. The van der Waals surface area contributed by atoms with Crippen molar-refractivity contribution in [1.29, 1.82) is 0 Å². The highest BCUT2D eigenvalue weighted by Crippen LogP contribution is 2.44. The molecule has 9 heteroatoms. The van der Waals surface area contributed by atoms with Crippen molar-refractivity contribution in [2.24, 2.45) is 0 Å². The van der Waals surface area contributed by atoms with Crippen molar-refractivity contribution in [2.45, 2.75) is 12.6 Å². The summed E-state index contributed by atoms with van der Waals surface area (Å²) >= 11 is 7.60. The molecule has 1 amide bonds. The van der Waals surface area contributed by atoms with Crippen LogP contribution >= 0.6 is 22.9 Å². The lowest BCUT2D eigenvalue weighted by atomic mass is 9.99. The van der Waals surface area contributed by atoms with E-state index in [1.165, 1.54) is 54.7 Å². The summed E-state index contributed by atoms with van der Waals surface area (Å²) in [6, 6.07) is 11.3. The number of amides is 1. The first-order valence-corrected chi connectivity index (χ1v) is 11.1. The first kappa shape index (κ1) is 22.8. The molecule has 1 aliphatic heterocycles. The molecule has 4 rings (SSSR count). The van der Waals surface area contributed by atoms with Gasteiger partial charge in [-0.25, -0.2) is 4.39 Å². The van der Waals surface area contributed by atoms with E-state index in [9.17, 15) is 19.1 Å². The van der Waals surface area contributed by atoms with Gasteiger partial charge in [-0.05, 0) is 35.2 Å². The lowest BCUT2D eigenvalue weighted by Gasteiger charge is -2.24. The summed E-state index contributed by atoms with van der Waals surface area (Å²) in [6.45, 7) is 0.0602. The normalized spacial score (nSPS) is 17.5. The number of nitrogens with zero attached hydrogens (tertiary/aromatic N) is 1. The second-order valence-corrected chi connectivity index (χ2v) is 8.64. The Morgan fingerprint density at radius 1 is 1.12 bits per heavy atom. The van der Waals surface area contributed by atoms with Crippen LogP contribution in [-0.2, 0) is 16.1 Å². The summed E-state index contributed by atoms with van der Waals surface area (Å²) in [7, 11) is 2.85. The highest BCUT2D eigenvalue weighted by molar-refractivity contribution is 7.10. The molecule has 1 atom stereocenters. The van der Waals surface area contributed by atoms with Crippen LogP contribution in [-0.4, -0.2) is 35.9 Å². The quantitative estimate of drug-likeness (QED) is 0.294. The molecule has 6 nitrogen and oxygen atoms in total. The van der Waals surface area contributed by atoms with Gasteiger partial charge in [-0.3, -0.25) is 9.59 Å². The number of thiophene rings is 1. The van der Waals surface area contributed by atoms with Gasteiger partial charge in [-0.2, -0.15) is 0 Å². The number of methoxy groups -OCH3 is 2. The van der Waals surface area contributed by atoms with Gasteiger partial charge in [0.05, 0.1) is 36.4 Å². The van der Waals surface area contributed by atoms with Gasteiger partial charge in [0.25, 0.3) is 11.7 Å². The number of ketones is 1. The van der Waals surface area contributed by atoms with Crippen LogP contribution in [0, 0.1) is 5.82 Å². The summed E-state index contributed by atoms with van der Waals surface area (Å²) in [5, 5.41) is 13.3. The predicted octanol–water partition coefficient (Wildman–Crippen LogP) is 5.18. The molecule has 0 radical (unpaired) electrons. The van der Waals surface area contributed by atoms with Crippen LogP contribution in [0.25, 0.3) is 5.76 Å². The van der Waals surface area contributed by atoms with Gasteiger partial charge < -0.3 is 19.5 Å². The topological polar surface area (TPSA) is 76.1 Å². The lowest BCUT2D eigenvalue weighted by Crippen LogP contribution is -2.28. The molecule has 0 bridgehead atoms. The van der Waals surface area contributed by atoms with Crippen molar-refractivity contribution in [3.05, 3.63) is 86.3 Å². The Balaban J connectivity index is 1.87. The van der Waals surface area contributed by atoms with E-state index < -0.39 is 29.3 Å². The number of likely N-dealkylation sites (tertiary alicyclic amines) is 1. The Morgan fingerprint density at radius 2 is 1.82 bits per heavy atom. The van der Waals surface area contributed by atoms with E-state index in [4.69, 9.17) is 21.1 Å². The third-order valence-electron chi connectivity index (χ3n) is 5.35. The van der Waals surface area contributed by atoms with Crippen LogP contribution in [0.1, 0.15) is 22.0 Å². The molecule has 1 aromatic heterocycles. The number of carbonyl (C=O) groups excluding carboxylic acids is 2. The minimum absolute atomic E-state index is 0.0602. The molecule has 1 saturated heterocycles. The Bertz CT molecular complexity index is 1240. The maximum Gasteiger partial charge on any atom is 0.295 e. The van der Waals surface area contributed by atoms with Crippen LogP contribution in [0.4, 0.5) is 4.39 Å². The van der Waals surface area contributed by atoms with Crippen molar-refractivity contribution in [1.82, 2.24) is 4.90 Å².